The maximum absolute atomic E-state index is 12.3. The van der Waals surface area contributed by atoms with Gasteiger partial charge in [0.25, 0.3) is 5.91 Å². The summed E-state index contributed by atoms with van der Waals surface area (Å²) < 4.78 is 8.09. The summed E-state index contributed by atoms with van der Waals surface area (Å²) in [5.74, 6) is 1.32. The van der Waals surface area contributed by atoms with E-state index in [-0.39, 0.29) is 5.91 Å². The van der Waals surface area contributed by atoms with Crippen molar-refractivity contribution in [2.24, 2.45) is 0 Å². The van der Waals surface area contributed by atoms with Gasteiger partial charge in [0, 0.05) is 18.6 Å². The Labute approximate surface area is 151 Å². The van der Waals surface area contributed by atoms with Crippen LogP contribution in [0.2, 0.25) is 0 Å². The lowest BCUT2D eigenvalue weighted by Gasteiger charge is -2.36. The maximum atomic E-state index is 12.3. The number of methoxy groups -OCH3 is 1. The number of likely N-dealkylation sites (N-methyl/N-ethyl adjacent to an activating group) is 2. The molecule has 4 rings (SSSR count). The number of aromatic nitrogens is 3. The molecule has 2 atom stereocenters. The zero-order valence-corrected chi connectivity index (χ0v) is 15.3. The first-order valence-corrected chi connectivity index (χ1v) is 8.32. The van der Waals surface area contributed by atoms with Crippen LogP contribution in [0.3, 0.4) is 0 Å². The van der Waals surface area contributed by atoms with Crippen LogP contribution in [-0.4, -0.2) is 58.8 Å². The van der Waals surface area contributed by atoms with Crippen LogP contribution in [0, 0.1) is 0 Å². The van der Waals surface area contributed by atoms with Crippen molar-refractivity contribution in [3.8, 4) is 17.1 Å². The molecule has 2 aromatic rings. The lowest BCUT2D eigenvalue weighted by molar-refractivity contribution is -0.124. The Kier molecular flexibility index (Phi) is 3.46. The number of imide groups is 1. The number of nitrogens with one attached hydrogen (secondary N) is 1. The number of amides is 3. The molecular weight excluding hydrogens is 392 g/mol. The number of anilines is 1. The maximum Gasteiger partial charge on any atom is 0.325 e. The van der Waals surface area contributed by atoms with Crippen LogP contribution >= 0.6 is 15.9 Å². The van der Waals surface area contributed by atoms with Gasteiger partial charge in [-0.1, -0.05) is 15.9 Å². The van der Waals surface area contributed by atoms with E-state index < -0.39 is 18.2 Å². The zero-order chi connectivity index (χ0) is 17.9. The lowest BCUT2D eigenvalue weighted by atomic mass is 10.1. The Morgan fingerprint density at radius 3 is 2.68 bits per heavy atom. The fourth-order valence-corrected chi connectivity index (χ4v) is 3.72. The minimum absolute atomic E-state index is 0.353. The zero-order valence-electron chi connectivity index (χ0n) is 13.7. The third-order valence-corrected chi connectivity index (χ3v) is 5.07. The molecule has 0 saturated carbocycles. The van der Waals surface area contributed by atoms with Crippen molar-refractivity contribution >= 4 is 33.8 Å². The van der Waals surface area contributed by atoms with Crippen molar-refractivity contribution in [1.29, 1.82) is 0 Å². The van der Waals surface area contributed by atoms with Crippen LogP contribution in [0.1, 0.15) is 6.17 Å². The molecule has 2 unspecified atom stereocenters. The number of carbonyl (C=O) groups excluding carboxylic acids is 2. The number of carbonyl (C=O) groups is 2. The summed E-state index contributed by atoms with van der Waals surface area (Å²) in [4.78, 5) is 27.6. The van der Waals surface area contributed by atoms with Crippen LogP contribution in [0.25, 0.3) is 11.4 Å². The Morgan fingerprint density at radius 2 is 1.96 bits per heavy atom. The molecule has 25 heavy (non-hydrogen) atoms. The summed E-state index contributed by atoms with van der Waals surface area (Å²) in [5, 5.41) is 10.9. The van der Waals surface area contributed by atoms with E-state index in [0.717, 1.165) is 10.0 Å². The van der Waals surface area contributed by atoms with Crippen molar-refractivity contribution in [3.63, 3.8) is 0 Å². The van der Waals surface area contributed by atoms with Crippen molar-refractivity contribution in [3.05, 3.63) is 22.7 Å². The predicted octanol–water partition coefficient (Wildman–Crippen LogP) is 1.21. The highest BCUT2D eigenvalue weighted by Gasteiger charge is 2.51. The Bertz CT molecular complexity index is 897. The number of benzene rings is 1. The largest absolute Gasteiger partial charge is 0.496 e. The first-order chi connectivity index (χ1) is 11.9. The van der Waals surface area contributed by atoms with Crippen LogP contribution in [-0.2, 0) is 4.79 Å². The second-order valence-corrected chi connectivity index (χ2v) is 6.83. The molecule has 3 heterocycles. The fourth-order valence-electron chi connectivity index (χ4n) is 3.36. The number of hydrogen-bond acceptors (Lipinski definition) is 6. The van der Waals surface area contributed by atoms with Gasteiger partial charge in [-0.25, -0.2) is 4.79 Å². The highest BCUT2D eigenvalue weighted by atomic mass is 79.9. The van der Waals surface area contributed by atoms with Gasteiger partial charge in [-0.15, -0.1) is 10.2 Å². The van der Waals surface area contributed by atoms with E-state index in [4.69, 9.17) is 4.74 Å². The monoisotopic (exact) mass is 406 g/mol. The molecule has 130 valence electrons. The Balaban J connectivity index is 1.92. The quantitative estimate of drug-likeness (QED) is 0.805. The van der Waals surface area contributed by atoms with E-state index in [1.54, 1.807) is 30.7 Å². The van der Waals surface area contributed by atoms with E-state index in [1.165, 1.54) is 4.90 Å². The Morgan fingerprint density at radius 1 is 1.20 bits per heavy atom. The minimum atomic E-state index is -0.565. The first kappa shape index (κ1) is 15.9. The number of ether oxygens (including phenoxy) is 1. The van der Waals surface area contributed by atoms with Crippen molar-refractivity contribution in [2.75, 3.05) is 26.1 Å². The number of fused-ring (bicyclic) bond motifs is 3. The second kappa shape index (κ2) is 5.45. The molecule has 0 radical (unpaired) electrons. The van der Waals surface area contributed by atoms with Gasteiger partial charge in [0.05, 0.1) is 12.7 Å². The molecule has 0 spiro atoms. The molecule has 9 nitrogen and oxygen atoms in total. The highest BCUT2D eigenvalue weighted by molar-refractivity contribution is 9.10. The fraction of sp³-hybridized carbons (Fsp3) is 0.333. The average Bonchev–Trinajstić information content (AvgIpc) is 3.12. The molecule has 2 aliphatic rings. The number of nitrogens with zero attached hydrogens (tertiary/aromatic N) is 5. The molecule has 2 aliphatic heterocycles. The van der Waals surface area contributed by atoms with E-state index >= 15 is 0 Å². The van der Waals surface area contributed by atoms with Gasteiger partial charge in [-0.2, -0.15) is 0 Å². The molecule has 10 heteroatoms. The van der Waals surface area contributed by atoms with Crippen LogP contribution in [0.5, 0.6) is 5.75 Å². The van der Waals surface area contributed by atoms with Gasteiger partial charge in [0.2, 0.25) is 5.95 Å². The lowest BCUT2D eigenvalue weighted by Crippen LogP contribution is -2.60. The van der Waals surface area contributed by atoms with Crippen LogP contribution in [0.4, 0.5) is 10.7 Å². The third-order valence-electron chi connectivity index (χ3n) is 4.58. The number of hydrogen-bond donors (Lipinski definition) is 1. The van der Waals surface area contributed by atoms with Gasteiger partial charge < -0.3 is 14.5 Å². The minimum Gasteiger partial charge on any atom is -0.496 e. The van der Waals surface area contributed by atoms with Crippen LogP contribution < -0.4 is 15.0 Å². The van der Waals surface area contributed by atoms with E-state index in [9.17, 15) is 9.59 Å². The van der Waals surface area contributed by atoms with Gasteiger partial charge >= 0.3 is 6.03 Å². The predicted molar refractivity (Wildman–Crippen MR) is 92.2 cm³/mol. The van der Waals surface area contributed by atoms with Crippen molar-refractivity contribution in [2.45, 2.75) is 12.2 Å². The van der Waals surface area contributed by atoms with E-state index in [0.29, 0.717) is 17.5 Å². The average molecular weight is 407 g/mol. The molecule has 1 aromatic carbocycles. The molecule has 1 aromatic heterocycles. The van der Waals surface area contributed by atoms with Crippen molar-refractivity contribution < 1.29 is 14.3 Å². The molecule has 0 bridgehead atoms. The van der Waals surface area contributed by atoms with E-state index in [1.807, 2.05) is 18.2 Å². The molecule has 1 fully saturated rings. The summed E-state index contributed by atoms with van der Waals surface area (Å²) >= 11 is 3.45. The van der Waals surface area contributed by atoms with Crippen LogP contribution in [0.15, 0.2) is 22.7 Å². The summed E-state index contributed by atoms with van der Waals surface area (Å²) in [6, 6.07) is 4.54. The number of rotatable bonds is 2. The third kappa shape index (κ3) is 2.13. The summed E-state index contributed by atoms with van der Waals surface area (Å²) in [6.07, 6.45) is -0.532. The summed E-state index contributed by atoms with van der Waals surface area (Å²) in [5.41, 5.74) is 0.719. The SMILES string of the molecule is COc1ccc(Br)cc1-c1nnc2n1C1C(C(=O)NC(=O)N1C)N2C. The highest BCUT2D eigenvalue weighted by Crippen LogP contribution is 2.42. The normalized spacial score (nSPS) is 21.9. The molecular formula is C15H15BrN6O3. The van der Waals surface area contributed by atoms with Gasteiger partial charge in [-0.05, 0) is 18.2 Å². The molecule has 0 aliphatic carbocycles. The molecule has 1 saturated heterocycles. The smallest absolute Gasteiger partial charge is 0.325 e. The molecule has 3 amide bonds. The van der Waals surface area contributed by atoms with Crippen molar-refractivity contribution in [1.82, 2.24) is 25.0 Å². The summed E-state index contributed by atoms with van der Waals surface area (Å²) in [6.45, 7) is 0. The van der Waals surface area contributed by atoms with Gasteiger partial charge in [0.15, 0.2) is 11.9 Å². The standard InChI is InChI=1S/C15H15BrN6O3/c1-20-10-12(23)17-15(24)21(2)13(10)22-11(18-19-14(20)22)8-6-7(16)4-5-9(8)25-3/h4-6,10,13H,1-3H3,(H,17,23,24). The summed E-state index contributed by atoms with van der Waals surface area (Å²) in [7, 11) is 4.98. The van der Waals surface area contributed by atoms with Gasteiger partial charge in [0.1, 0.15) is 11.9 Å². The topological polar surface area (TPSA) is 92.6 Å². The second-order valence-electron chi connectivity index (χ2n) is 5.91. The number of urea groups is 1. The Hall–Kier alpha value is -2.62. The molecule has 1 N–H and O–H groups in total. The van der Waals surface area contributed by atoms with E-state index in [2.05, 4.69) is 31.4 Å². The van der Waals surface area contributed by atoms with Gasteiger partial charge in [-0.3, -0.25) is 14.7 Å². The number of halogens is 1. The first-order valence-electron chi connectivity index (χ1n) is 7.53.